The molecule has 1 saturated heterocycles. The molecule has 18 nitrogen and oxygen atoms in total. The van der Waals surface area contributed by atoms with Gasteiger partial charge in [0.15, 0.2) is 10.8 Å². The highest BCUT2D eigenvalue weighted by Gasteiger charge is 2.47. The summed E-state index contributed by atoms with van der Waals surface area (Å²) in [5.41, 5.74) is 2.90. The Morgan fingerprint density at radius 2 is 1.91 bits per heavy atom. The summed E-state index contributed by atoms with van der Waals surface area (Å²) in [6.07, 6.45) is 0. The van der Waals surface area contributed by atoms with E-state index in [9.17, 15) is 38.9 Å². The van der Waals surface area contributed by atoms with E-state index in [0.29, 0.717) is 10.5 Å². The largest absolute Gasteiger partial charge is 0.458 e. The standard InChI is InChI=1S/C24H25ClN8O10S/c1-24(2,21(38)42-9-11-4-6-12(7-5-11)33(40)41)43-31-15(13-10-44-23(27-13)28-14(34)8-25)18(35)29-16-17(30-19(16)36)20(37)32(3)22(26)39/h4-7,10,16-17H,8-9H2,1-3H3,(H2,26,39)(H,29,35)(H,30,36)(H,27,28,34)/b31-15-/t16-,17-/m1/s1. The molecule has 44 heavy (non-hydrogen) atoms. The third-order valence-corrected chi connectivity index (χ3v) is 6.83. The van der Waals surface area contributed by atoms with E-state index in [-0.39, 0.29) is 29.0 Å². The summed E-state index contributed by atoms with van der Waals surface area (Å²) in [6.45, 7) is 2.30. The van der Waals surface area contributed by atoms with Gasteiger partial charge in [0.2, 0.25) is 17.4 Å². The molecule has 0 spiro atoms. The van der Waals surface area contributed by atoms with Crippen molar-refractivity contribution in [2.75, 3.05) is 18.2 Å². The zero-order chi connectivity index (χ0) is 32.8. The number of carbonyl (C=O) groups excluding carboxylic acids is 6. The zero-order valence-corrected chi connectivity index (χ0v) is 24.8. The number of imide groups is 1. The van der Waals surface area contributed by atoms with Crippen LogP contribution in [0, 0.1) is 10.1 Å². The number of non-ortho nitro benzene ring substituents is 1. The Morgan fingerprint density at radius 3 is 2.48 bits per heavy atom. The summed E-state index contributed by atoms with van der Waals surface area (Å²) >= 11 is 6.39. The number of urea groups is 1. The summed E-state index contributed by atoms with van der Waals surface area (Å²) in [5.74, 6) is -4.60. The number of anilines is 1. The van der Waals surface area contributed by atoms with Crippen LogP contribution in [0.4, 0.5) is 15.6 Å². The summed E-state index contributed by atoms with van der Waals surface area (Å²) in [5, 5.41) is 22.9. The van der Waals surface area contributed by atoms with Crippen LogP contribution in [0.5, 0.6) is 0 Å². The average molecular weight is 653 g/mol. The molecule has 234 valence electrons. The van der Waals surface area contributed by atoms with Crippen LogP contribution in [-0.2, 0) is 40.2 Å². The van der Waals surface area contributed by atoms with Crippen molar-refractivity contribution in [1.82, 2.24) is 20.5 Å². The van der Waals surface area contributed by atoms with Crippen molar-refractivity contribution in [3.05, 3.63) is 51.0 Å². The van der Waals surface area contributed by atoms with Crippen LogP contribution in [-0.4, -0.2) is 86.8 Å². The van der Waals surface area contributed by atoms with E-state index in [2.05, 4.69) is 26.1 Å². The number of nitrogens with two attached hydrogens (primary N) is 1. The molecule has 1 aromatic heterocycles. The van der Waals surface area contributed by atoms with Crippen LogP contribution in [0.3, 0.4) is 0 Å². The van der Waals surface area contributed by atoms with Crippen LogP contribution < -0.4 is 21.7 Å². The number of ether oxygens (including phenoxy) is 1. The third-order valence-electron chi connectivity index (χ3n) is 5.83. The lowest BCUT2D eigenvalue weighted by Gasteiger charge is -2.37. The number of nitro benzene ring substituents is 1. The molecule has 1 aliphatic rings. The van der Waals surface area contributed by atoms with Crippen LogP contribution in [0.15, 0.2) is 34.8 Å². The predicted octanol–water partition coefficient (Wildman–Crippen LogP) is -0.00840. The fraction of sp³-hybridized carbons (Fsp3) is 0.333. The first-order valence-electron chi connectivity index (χ1n) is 12.3. The number of benzene rings is 1. The molecule has 5 N–H and O–H groups in total. The molecule has 0 bridgehead atoms. The van der Waals surface area contributed by atoms with Crippen molar-refractivity contribution in [2.45, 2.75) is 38.1 Å². The Labute approximate surface area is 257 Å². The first-order valence-corrected chi connectivity index (χ1v) is 13.7. The summed E-state index contributed by atoms with van der Waals surface area (Å²) < 4.78 is 5.23. The molecular formula is C24H25ClN8O10S. The molecule has 2 atom stereocenters. The van der Waals surface area contributed by atoms with E-state index in [1.807, 2.05) is 0 Å². The van der Waals surface area contributed by atoms with E-state index in [4.69, 9.17) is 26.9 Å². The number of aromatic nitrogens is 1. The van der Waals surface area contributed by atoms with Gasteiger partial charge in [0, 0.05) is 24.6 Å². The van der Waals surface area contributed by atoms with Crippen molar-refractivity contribution < 1.29 is 43.3 Å². The lowest BCUT2D eigenvalue weighted by Crippen LogP contribution is -2.74. The molecule has 0 radical (unpaired) electrons. The molecular weight excluding hydrogens is 628 g/mol. The minimum Gasteiger partial charge on any atom is -0.458 e. The quantitative estimate of drug-likeness (QED) is 0.0592. The number of nitro groups is 1. The zero-order valence-electron chi connectivity index (χ0n) is 23.2. The van der Waals surface area contributed by atoms with Crippen LogP contribution in [0.1, 0.15) is 25.1 Å². The number of thiazole rings is 1. The SMILES string of the molecule is CN(C(N)=O)C(=O)[C@@H]1NC(=O)[C@@H]1NC(=O)/C(=N\OC(C)(C)C(=O)OCc1ccc([N+](=O)[O-])cc1)c1csc(NC(=O)CCl)n1. The Morgan fingerprint density at radius 1 is 1.25 bits per heavy atom. The Balaban J connectivity index is 1.80. The van der Waals surface area contributed by atoms with Crippen molar-refractivity contribution in [3.63, 3.8) is 0 Å². The number of oxime groups is 1. The van der Waals surface area contributed by atoms with Crippen LogP contribution >= 0.6 is 22.9 Å². The van der Waals surface area contributed by atoms with Gasteiger partial charge in [0.25, 0.3) is 17.5 Å². The third kappa shape index (κ3) is 8.01. The molecule has 2 heterocycles. The Bertz CT molecular complexity index is 1530. The molecule has 1 aromatic carbocycles. The summed E-state index contributed by atoms with van der Waals surface area (Å²) in [4.78, 5) is 94.0. The molecule has 0 unspecified atom stereocenters. The maximum atomic E-state index is 13.3. The van der Waals surface area contributed by atoms with Gasteiger partial charge >= 0.3 is 12.0 Å². The van der Waals surface area contributed by atoms with Gasteiger partial charge in [-0.15, -0.1) is 22.9 Å². The van der Waals surface area contributed by atoms with Gasteiger partial charge in [-0.2, -0.15) is 0 Å². The first kappa shape index (κ1) is 33.3. The van der Waals surface area contributed by atoms with Gasteiger partial charge in [-0.1, -0.05) is 5.16 Å². The number of amides is 6. The number of nitrogens with zero attached hydrogens (tertiary/aromatic N) is 4. The van der Waals surface area contributed by atoms with Gasteiger partial charge in [0.05, 0.1) is 4.92 Å². The van der Waals surface area contributed by atoms with Gasteiger partial charge in [-0.3, -0.25) is 34.2 Å². The maximum absolute atomic E-state index is 13.3. The Kier molecular flexibility index (Phi) is 10.5. The number of carbonyl (C=O) groups is 6. The number of alkyl halides is 1. The van der Waals surface area contributed by atoms with Crippen LogP contribution in [0.25, 0.3) is 0 Å². The number of likely N-dealkylation sites (N-methyl/N-ethyl adjacent to an activating group) is 1. The number of β-lactam (4-membered cyclic amide) rings is 1. The van der Waals surface area contributed by atoms with E-state index in [1.165, 1.54) is 43.5 Å². The number of esters is 1. The van der Waals surface area contributed by atoms with E-state index < -0.39 is 63.9 Å². The number of primary amides is 1. The molecule has 3 rings (SSSR count). The van der Waals surface area contributed by atoms with Crippen molar-refractivity contribution >= 4 is 75.1 Å². The van der Waals surface area contributed by atoms with Gasteiger partial charge in [-0.05, 0) is 31.5 Å². The number of nitrogens with one attached hydrogen (secondary N) is 3. The Hall–Kier alpha value is -5.17. The first-order chi connectivity index (χ1) is 20.6. The average Bonchev–Trinajstić information content (AvgIpc) is 3.44. The van der Waals surface area contributed by atoms with Crippen molar-refractivity contribution in [2.24, 2.45) is 10.9 Å². The number of hydrogen-bond acceptors (Lipinski definition) is 13. The molecule has 1 fully saturated rings. The molecule has 0 saturated carbocycles. The van der Waals surface area contributed by atoms with E-state index in [0.717, 1.165) is 18.4 Å². The highest BCUT2D eigenvalue weighted by Crippen LogP contribution is 2.20. The van der Waals surface area contributed by atoms with Crippen molar-refractivity contribution in [1.29, 1.82) is 0 Å². The van der Waals surface area contributed by atoms with Gasteiger partial charge < -0.3 is 31.3 Å². The van der Waals surface area contributed by atoms with Gasteiger partial charge in [-0.25, -0.2) is 14.6 Å². The van der Waals surface area contributed by atoms with Crippen molar-refractivity contribution in [3.8, 4) is 0 Å². The molecule has 2 aromatic rings. The number of halogens is 1. The second-order valence-electron chi connectivity index (χ2n) is 9.43. The molecule has 1 aliphatic heterocycles. The lowest BCUT2D eigenvalue weighted by atomic mass is 9.97. The molecule has 0 aliphatic carbocycles. The van der Waals surface area contributed by atoms with Crippen LogP contribution in [0.2, 0.25) is 0 Å². The maximum Gasteiger partial charge on any atom is 0.353 e. The van der Waals surface area contributed by atoms with E-state index >= 15 is 0 Å². The summed E-state index contributed by atoms with van der Waals surface area (Å²) in [7, 11) is 1.09. The number of hydrogen-bond donors (Lipinski definition) is 4. The second-order valence-corrected chi connectivity index (χ2v) is 10.6. The minimum absolute atomic E-state index is 0.0328. The fourth-order valence-electron chi connectivity index (χ4n) is 3.29. The summed E-state index contributed by atoms with van der Waals surface area (Å²) in [6, 6.07) is 1.43. The van der Waals surface area contributed by atoms with E-state index in [1.54, 1.807) is 0 Å². The lowest BCUT2D eigenvalue weighted by molar-refractivity contribution is -0.384. The molecule has 20 heteroatoms. The molecule has 6 amide bonds. The normalized spacial score (nSPS) is 16.1. The smallest absolute Gasteiger partial charge is 0.353 e. The highest BCUT2D eigenvalue weighted by atomic mass is 35.5. The van der Waals surface area contributed by atoms with Gasteiger partial charge in [0.1, 0.15) is 30.3 Å². The minimum atomic E-state index is -1.80. The highest BCUT2D eigenvalue weighted by molar-refractivity contribution is 7.14. The number of rotatable bonds is 12. The topological polar surface area (TPSA) is 255 Å². The predicted molar refractivity (Wildman–Crippen MR) is 152 cm³/mol. The monoisotopic (exact) mass is 652 g/mol. The second kappa shape index (κ2) is 13.9. The fourth-order valence-corrected chi connectivity index (χ4v) is 4.07.